The van der Waals surface area contributed by atoms with Gasteiger partial charge >= 0.3 is 0 Å². The average Bonchev–Trinajstić information content (AvgIpc) is 2.16. The molecule has 1 nitrogen and oxygen atoms in total. The van der Waals surface area contributed by atoms with Crippen LogP contribution in [0.3, 0.4) is 0 Å². The fraction of sp³-hybridized carbons (Fsp3) is 0.857. The molecule has 0 heterocycles. The summed E-state index contributed by atoms with van der Waals surface area (Å²) < 4.78 is 0. The highest BCUT2D eigenvalue weighted by atomic mass is 16.3. The Labute approximate surface area is 94.6 Å². The van der Waals surface area contributed by atoms with Crippen LogP contribution in [0.5, 0.6) is 0 Å². The van der Waals surface area contributed by atoms with Crippen molar-refractivity contribution in [3.8, 4) is 0 Å². The van der Waals surface area contributed by atoms with E-state index in [2.05, 4.69) is 13.5 Å². The molecule has 1 N–H and O–H groups in total. The van der Waals surface area contributed by atoms with Gasteiger partial charge < -0.3 is 5.11 Å². The Morgan fingerprint density at radius 2 is 1.73 bits per heavy atom. The third kappa shape index (κ3) is 4.83. The topological polar surface area (TPSA) is 20.2 Å². The van der Waals surface area contributed by atoms with Crippen LogP contribution in [0.1, 0.15) is 64.7 Å². The van der Waals surface area contributed by atoms with Crippen molar-refractivity contribution in [2.24, 2.45) is 5.92 Å². The second kappa shape index (κ2) is 7.05. The van der Waals surface area contributed by atoms with Gasteiger partial charge in [0.15, 0.2) is 0 Å². The van der Waals surface area contributed by atoms with Gasteiger partial charge in [0.25, 0.3) is 0 Å². The number of aliphatic hydroxyl groups excluding tert-OH is 1. The average molecular weight is 210 g/mol. The summed E-state index contributed by atoms with van der Waals surface area (Å²) in [6, 6.07) is 0. The van der Waals surface area contributed by atoms with Gasteiger partial charge in [0.05, 0.1) is 6.10 Å². The Morgan fingerprint density at radius 1 is 1.20 bits per heavy atom. The highest BCUT2D eigenvalue weighted by molar-refractivity contribution is 4.95. The van der Waals surface area contributed by atoms with Crippen LogP contribution in [0.25, 0.3) is 0 Å². The van der Waals surface area contributed by atoms with Crippen molar-refractivity contribution >= 4 is 0 Å². The highest BCUT2D eigenvalue weighted by Gasteiger charge is 2.20. The van der Waals surface area contributed by atoms with Gasteiger partial charge in [0.2, 0.25) is 0 Å². The second-order valence-electron chi connectivity index (χ2n) is 4.98. The van der Waals surface area contributed by atoms with Gasteiger partial charge in [-0.3, -0.25) is 0 Å². The molecule has 88 valence electrons. The Balaban J connectivity index is 2.34. The molecule has 0 aromatic heterocycles. The van der Waals surface area contributed by atoms with Crippen molar-refractivity contribution in [1.82, 2.24) is 0 Å². The predicted molar refractivity (Wildman–Crippen MR) is 65.9 cm³/mol. The van der Waals surface area contributed by atoms with Gasteiger partial charge in [-0.1, -0.05) is 51.2 Å². The molecule has 0 aliphatic heterocycles. The van der Waals surface area contributed by atoms with E-state index in [1.165, 1.54) is 50.5 Å². The first-order valence-corrected chi connectivity index (χ1v) is 6.58. The van der Waals surface area contributed by atoms with Gasteiger partial charge in [-0.2, -0.15) is 0 Å². The van der Waals surface area contributed by atoms with E-state index in [4.69, 9.17) is 0 Å². The van der Waals surface area contributed by atoms with E-state index in [-0.39, 0.29) is 6.10 Å². The van der Waals surface area contributed by atoms with E-state index < -0.39 is 0 Å². The van der Waals surface area contributed by atoms with Gasteiger partial charge in [-0.05, 0) is 31.6 Å². The lowest BCUT2D eigenvalue weighted by molar-refractivity contribution is 0.0908. The van der Waals surface area contributed by atoms with Crippen molar-refractivity contribution in [2.45, 2.75) is 70.8 Å². The maximum Gasteiger partial charge on any atom is 0.0605 e. The SMILES string of the molecule is C=C(CC)CC(O)C1CCCCCCC1. The summed E-state index contributed by atoms with van der Waals surface area (Å²) >= 11 is 0. The van der Waals surface area contributed by atoms with E-state index in [1.807, 2.05) is 0 Å². The van der Waals surface area contributed by atoms with Crippen molar-refractivity contribution in [3.63, 3.8) is 0 Å². The molecule has 0 saturated heterocycles. The third-order valence-corrected chi connectivity index (χ3v) is 3.69. The summed E-state index contributed by atoms with van der Waals surface area (Å²) in [4.78, 5) is 0. The third-order valence-electron chi connectivity index (χ3n) is 3.69. The lowest BCUT2D eigenvalue weighted by atomic mass is 9.85. The summed E-state index contributed by atoms with van der Waals surface area (Å²) in [5.41, 5.74) is 1.20. The summed E-state index contributed by atoms with van der Waals surface area (Å²) in [6.07, 6.45) is 10.9. The Hall–Kier alpha value is -0.300. The molecule has 0 aromatic rings. The van der Waals surface area contributed by atoms with Crippen LogP contribution in [0.4, 0.5) is 0 Å². The number of hydrogen-bond acceptors (Lipinski definition) is 1. The van der Waals surface area contributed by atoms with Crippen molar-refractivity contribution in [1.29, 1.82) is 0 Å². The van der Waals surface area contributed by atoms with E-state index in [0.29, 0.717) is 5.92 Å². The minimum Gasteiger partial charge on any atom is -0.393 e. The minimum absolute atomic E-state index is 0.129. The number of hydrogen-bond donors (Lipinski definition) is 1. The van der Waals surface area contributed by atoms with Crippen molar-refractivity contribution in [2.75, 3.05) is 0 Å². The van der Waals surface area contributed by atoms with Gasteiger partial charge in [0.1, 0.15) is 0 Å². The predicted octanol–water partition coefficient (Wildman–Crippen LogP) is 4.06. The summed E-state index contributed by atoms with van der Waals surface area (Å²) in [5, 5.41) is 10.1. The summed E-state index contributed by atoms with van der Waals surface area (Å²) in [5.74, 6) is 0.536. The Morgan fingerprint density at radius 3 is 2.27 bits per heavy atom. The second-order valence-corrected chi connectivity index (χ2v) is 4.98. The van der Waals surface area contributed by atoms with Gasteiger partial charge in [-0.15, -0.1) is 0 Å². The zero-order valence-corrected chi connectivity index (χ0v) is 10.2. The first-order valence-electron chi connectivity index (χ1n) is 6.58. The molecule has 1 atom stereocenters. The fourth-order valence-electron chi connectivity index (χ4n) is 2.48. The van der Waals surface area contributed by atoms with Crippen LogP contribution in [-0.2, 0) is 0 Å². The largest absolute Gasteiger partial charge is 0.393 e. The first kappa shape index (κ1) is 12.8. The molecule has 1 aliphatic rings. The molecule has 0 spiro atoms. The molecule has 1 aliphatic carbocycles. The molecule has 1 fully saturated rings. The first-order chi connectivity index (χ1) is 7.24. The number of aliphatic hydroxyl groups is 1. The zero-order chi connectivity index (χ0) is 11.1. The van der Waals surface area contributed by atoms with Crippen LogP contribution in [0, 0.1) is 5.92 Å². The van der Waals surface area contributed by atoms with E-state index in [0.717, 1.165) is 12.8 Å². The molecule has 0 aromatic carbocycles. The van der Waals surface area contributed by atoms with Gasteiger partial charge in [0, 0.05) is 0 Å². The lowest BCUT2D eigenvalue weighted by Crippen LogP contribution is -2.21. The maximum atomic E-state index is 10.1. The Bertz CT molecular complexity index is 178. The molecule has 1 unspecified atom stereocenters. The molecule has 1 heteroatoms. The lowest BCUT2D eigenvalue weighted by Gasteiger charge is -2.25. The molecule has 15 heavy (non-hydrogen) atoms. The molecule has 0 amide bonds. The molecule has 1 saturated carbocycles. The van der Waals surface area contributed by atoms with E-state index >= 15 is 0 Å². The quantitative estimate of drug-likeness (QED) is 0.694. The molecule has 0 bridgehead atoms. The van der Waals surface area contributed by atoms with Crippen LogP contribution in [0.2, 0.25) is 0 Å². The molecule has 0 radical (unpaired) electrons. The summed E-state index contributed by atoms with van der Waals surface area (Å²) in [7, 11) is 0. The molecule has 1 rings (SSSR count). The normalized spacial score (nSPS) is 21.7. The minimum atomic E-state index is -0.129. The summed E-state index contributed by atoms with van der Waals surface area (Å²) in [6.45, 7) is 6.11. The Kier molecular flexibility index (Phi) is 6.00. The van der Waals surface area contributed by atoms with Crippen LogP contribution >= 0.6 is 0 Å². The van der Waals surface area contributed by atoms with E-state index in [1.54, 1.807) is 0 Å². The van der Waals surface area contributed by atoms with Gasteiger partial charge in [-0.25, -0.2) is 0 Å². The zero-order valence-electron chi connectivity index (χ0n) is 10.2. The molecular formula is C14H26O. The highest BCUT2D eigenvalue weighted by Crippen LogP contribution is 2.27. The molecular weight excluding hydrogens is 184 g/mol. The van der Waals surface area contributed by atoms with Crippen molar-refractivity contribution in [3.05, 3.63) is 12.2 Å². The van der Waals surface area contributed by atoms with Crippen LogP contribution < -0.4 is 0 Å². The van der Waals surface area contributed by atoms with Crippen molar-refractivity contribution < 1.29 is 5.11 Å². The fourth-order valence-corrected chi connectivity index (χ4v) is 2.48. The monoisotopic (exact) mass is 210 g/mol. The smallest absolute Gasteiger partial charge is 0.0605 e. The van der Waals surface area contributed by atoms with E-state index in [9.17, 15) is 5.11 Å². The standard InChI is InChI=1S/C14H26O/c1-3-12(2)11-14(15)13-9-7-5-4-6-8-10-13/h13-15H,2-11H2,1H3. The van der Waals surface area contributed by atoms with Crippen LogP contribution in [-0.4, -0.2) is 11.2 Å². The number of rotatable bonds is 4. The van der Waals surface area contributed by atoms with Crippen LogP contribution in [0.15, 0.2) is 12.2 Å². The maximum absolute atomic E-state index is 10.1.